The first kappa shape index (κ1) is 18.9. The summed E-state index contributed by atoms with van der Waals surface area (Å²) in [5.74, 6) is 0.304. The van der Waals surface area contributed by atoms with E-state index in [9.17, 15) is 9.90 Å². The minimum Gasteiger partial charge on any atom is -0.504 e. The molecular weight excluding hydrogens is 356 g/mol. The predicted molar refractivity (Wildman–Crippen MR) is 107 cm³/mol. The average Bonchev–Trinajstić information content (AvgIpc) is 3.10. The number of ether oxygens (including phenoxy) is 2. The van der Waals surface area contributed by atoms with E-state index in [1.807, 2.05) is 12.1 Å². The molecule has 4 rings (SSSR count). The molecule has 1 fully saturated rings. The van der Waals surface area contributed by atoms with Gasteiger partial charge in [-0.3, -0.25) is 4.90 Å². The van der Waals surface area contributed by atoms with Gasteiger partial charge in [-0.1, -0.05) is 19.4 Å². The molecule has 0 radical (unpaired) electrons. The number of aromatic nitrogens is 1. The molecule has 3 heterocycles. The van der Waals surface area contributed by atoms with E-state index < -0.39 is 5.97 Å². The number of carboxylic acid groups (broad SMARTS) is 1. The van der Waals surface area contributed by atoms with Gasteiger partial charge in [-0.25, -0.2) is 4.79 Å². The molecule has 0 amide bonds. The molecule has 150 valence electrons. The Morgan fingerprint density at radius 2 is 2.21 bits per heavy atom. The Bertz CT molecular complexity index is 917. The van der Waals surface area contributed by atoms with Gasteiger partial charge in [0.25, 0.3) is 0 Å². The van der Waals surface area contributed by atoms with Crippen molar-refractivity contribution < 1.29 is 19.4 Å². The Morgan fingerprint density at radius 3 is 2.89 bits per heavy atom. The van der Waals surface area contributed by atoms with Crippen LogP contribution in [-0.2, 0) is 16.0 Å². The molecule has 6 heteroatoms. The van der Waals surface area contributed by atoms with Crippen molar-refractivity contribution in [1.29, 1.82) is 0 Å². The summed E-state index contributed by atoms with van der Waals surface area (Å²) < 4.78 is 10.7. The number of hydrogen-bond donors (Lipinski definition) is 2. The molecule has 3 atom stereocenters. The van der Waals surface area contributed by atoms with Gasteiger partial charge in [0.2, 0.25) is 0 Å². The largest absolute Gasteiger partial charge is 0.504 e. The lowest BCUT2D eigenvalue weighted by atomic mass is 9.74. The number of benzene rings is 1. The second kappa shape index (κ2) is 7.51. The van der Waals surface area contributed by atoms with Crippen LogP contribution < -0.4 is 4.74 Å². The molecule has 2 aromatic rings. The van der Waals surface area contributed by atoms with E-state index in [-0.39, 0.29) is 12.0 Å². The second-order valence-corrected chi connectivity index (χ2v) is 7.79. The number of piperidine rings is 1. The van der Waals surface area contributed by atoms with Crippen LogP contribution in [-0.4, -0.2) is 48.3 Å². The minimum absolute atomic E-state index is 0.0250. The predicted octanol–water partition coefficient (Wildman–Crippen LogP) is 3.74. The monoisotopic (exact) mass is 384 g/mol. The summed E-state index contributed by atoms with van der Waals surface area (Å²) in [6.45, 7) is 4.04. The van der Waals surface area contributed by atoms with E-state index >= 15 is 0 Å². The molecule has 1 aromatic heterocycles. The number of aromatic amines is 1. The Morgan fingerprint density at radius 1 is 1.39 bits per heavy atom. The molecule has 6 nitrogen and oxygen atoms in total. The van der Waals surface area contributed by atoms with Crippen LogP contribution in [0.25, 0.3) is 10.9 Å². The lowest BCUT2D eigenvalue weighted by Gasteiger charge is -2.46. The fourth-order valence-electron chi connectivity index (χ4n) is 5.17. The normalized spacial score (nSPS) is 25.2. The molecule has 1 unspecified atom stereocenters. The lowest BCUT2D eigenvalue weighted by molar-refractivity contribution is -0.134. The first-order valence-electron chi connectivity index (χ1n) is 9.96. The Balaban J connectivity index is 1.77. The fraction of sp³-hybridized carbons (Fsp3) is 0.500. The summed E-state index contributed by atoms with van der Waals surface area (Å²) in [6.07, 6.45) is 4.13. The number of rotatable bonds is 5. The van der Waals surface area contributed by atoms with E-state index in [4.69, 9.17) is 9.47 Å². The maximum atomic E-state index is 11.9. The third-order valence-electron chi connectivity index (χ3n) is 6.50. The molecule has 2 aliphatic rings. The molecule has 2 N–H and O–H groups in total. The summed E-state index contributed by atoms with van der Waals surface area (Å²) in [4.78, 5) is 18.0. The fourth-order valence-corrected chi connectivity index (χ4v) is 5.17. The van der Waals surface area contributed by atoms with Crippen LogP contribution in [0.4, 0.5) is 0 Å². The second-order valence-electron chi connectivity index (χ2n) is 7.79. The smallest absolute Gasteiger partial charge is 0.334 e. The molecule has 0 spiro atoms. The summed E-state index contributed by atoms with van der Waals surface area (Å²) in [6, 6.07) is 6.28. The molecule has 0 saturated carbocycles. The van der Waals surface area contributed by atoms with Crippen molar-refractivity contribution in [1.82, 2.24) is 9.88 Å². The van der Waals surface area contributed by atoms with Crippen molar-refractivity contribution in [3.8, 4) is 5.75 Å². The van der Waals surface area contributed by atoms with Crippen LogP contribution in [0.1, 0.15) is 37.1 Å². The van der Waals surface area contributed by atoms with E-state index in [2.05, 4.69) is 22.9 Å². The van der Waals surface area contributed by atoms with Gasteiger partial charge in [0.1, 0.15) is 5.75 Å². The Hall–Kier alpha value is -2.47. The molecule has 1 aromatic carbocycles. The first-order chi connectivity index (χ1) is 13.6. The highest BCUT2D eigenvalue weighted by atomic mass is 16.5. The number of nitrogens with one attached hydrogen (secondary N) is 1. The molecular formula is C22H28N2O4. The quantitative estimate of drug-likeness (QED) is 0.607. The van der Waals surface area contributed by atoms with Crippen molar-refractivity contribution in [2.24, 2.45) is 11.8 Å². The summed E-state index contributed by atoms with van der Waals surface area (Å²) in [7, 11) is 3.22. The van der Waals surface area contributed by atoms with Gasteiger partial charge < -0.3 is 19.6 Å². The van der Waals surface area contributed by atoms with Crippen LogP contribution in [0.2, 0.25) is 0 Å². The van der Waals surface area contributed by atoms with E-state index in [0.29, 0.717) is 11.5 Å². The zero-order chi connectivity index (χ0) is 19.8. The van der Waals surface area contributed by atoms with Crippen LogP contribution in [0.3, 0.4) is 0 Å². The highest BCUT2D eigenvalue weighted by molar-refractivity contribution is 5.91. The van der Waals surface area contributed by atoms with Gasteiger partial charge in [-0.15, -0.1) is 0 Å². The van der Waals surface area contributed by atoms with Crippen molar-refractivity contribution >= 4 is 16.9 Å². The lowest BCUT2D eigenvalue weighted by Crippen LogP contribution is -2.46. The number of hydrogen-bond acceptors (Lipinski definition) is 4. The van der Waals surface area contributed by atoms with Crippen LogP contribution in [0.5, 0.6) is 5.75 Å². The zero-order valence-electron chi connectivity index (χ0n) is 16.7. The molecule has 2 aliphatic heterocycles. The van der Waals surface area contributed by atoms with Crippen molar-refractivity contribution in [2.75, 3.05) is 27.3 Å². The number of H-pyrrole nitrogens is 1. The van der Waals surface area contributed by atoms with E-state index in [1.54, 1.807) is 7.11 Å². The Labute approximate surface area is 165 Å². The van der Waals surface area contributed by atoms with Crippen molar-refractivity contribution in [3.05, 3.63) is 41.3 Å². The highest BCUT2D eigenvalue weighted by Crippen LogP contribution is 2.46. The zero-order valence-corrected chi connectivity index (χ0v) is 16.7. The summed E-state index contributed by atoms with van der Waals surface area (Å²) >= 11 is 0. The standard InChI is InChI=1S/C22H28N2O4/c1-4-13-11-24-9-8-14-20-17(6-5-7-19(20)28-3)23-21(14)18(24)10-15(13)16(12-27-2)22(25)26/h5-7,12-13,15,18,23H,4,8-11H2,1-3H3,(H,25,26)/b16-12+/t13-,15-,18?/m0/s1. The van der Waals surface area contributed by atoms with Crippen LogP contribution in [0.15, 0.2) is 30.0 Å². The third-order valence-corrected chi connectivity index (χ3v) is 6.50. The maximum Gasteiger partial charge on any atom is 0.334 e. The third kappa shape index (κ3) is 2.96. The van der Waals surface area contributed by atoms with Gasteiger partial charge in [0.15, 0.2) is 0 Å². The van der Waals surface area contributed by atoms with Gasteiger partial charge in [-0.05, 0) is 42.4 Å². The number of fused-ring (bicyclic) bond motifs is 5. The van der Waals surface area contributed by atoms with E-state index in [1.165, 1.54) is 30.0 Å². The highest BCUT2D eigenvalue weighted by Gasteiger charge is 2.42. The van der Waals surface area contributed by atoms with Gasteiger partial charge in [0.05, 0.1) is 32.1 Å². The van der Waals surface area contributed by atoms with E-state index in [0.717, 1.165) is 43.6 Å². The number of aliphatic carboxylic acids is 1. The number of carboxylic acids is 1. The van der Waals surface area contributed by atoms with Crippen LogP contribution >= 0.6 is 0 Å². The number of methoxy groups -OCH3 is 2. The average molecular weight is 384 g/mol. The molecule has 1 saturated heterocycles. The van der Waals surface area contributed by atoms with Gasteiger partial charge >= 0.3 is 5.97 Å². The van der Waals surface area contributed by atoms with Crippen LogP contribution in [0, 0.1) is 11.8 Å². The maximum absolute atomic E-state index is 11.9. The van der Waals surface area contributed by atoms with Gasteiger partial charge in [-0.2, -0.15) is 0 Å². The summed E-state index contributed by atoms with van der Waals surface area (Å²) in [5.41, 5.74) is 4.00. The first-order valence-corrected chi connectivity index (χ1v) is 9.96. The topological polar surface area (TPSA) is 74.8 Å². The van der Waals surface area contributed by atoms with Crippen molar-refractivity contribution in [3.63, 3.8) is 0 Å². The number of carbonyl (C=O) groups is 1. The minimum atomic E-state index is -0.881. The number of nitrogens with zero attached hydrogens (tertiary/aromatic N) is 1. The van der Waals surface area contributed by atoms with Crippen molar-refractivity contribution in [2.45, 2.75) is 32.2 Å². The van der Waals surface area contributed by atoms with Gasteiger partial charge in [0, 0.05) is 29.7 Å². The summed E-state index contributed by atoms with van der Waals surface area (Å²) in [5, 5.41) is 10.9. The molecule has 0 bridgehead atoms. The molecule has 28 heavy (non-hydrogen) atoms. The SMILES string of the molecule is CC[C@H]1CN2CCc3c([nH]c4cccc(OC)c34)C2C[C@@H]1/C(=C\OC)C(=O)O. The Kier molecular flexibility index (Phi) is 5.06. The molecule has 0 aliphatic carbocycles.